The van der Waals surface area contributed by atoms with E-state index in [0.29, 0.717) is 0 Å². The Morgan fingerprint density at radius 3 is 2.12 bits per heavy atom. The molecule has 1 aromatic heterocycles. The minimum atomic E-state index is -5.20. The van der Waals surface area contributed by atoms with Crippen molar-refractivity contribution in [2.75, 3.05) is 0 Å². The zero-order chi connectivity index (χ0) is 13.3. The molecular formula is C7H10ClNO6P2. The SMILES string of the molecule is O=P(O)(O)C(Cl)(Cc1cccnc1)P(=O)(O)O. The average Bonchev–Trinajstić information content (AvgIpc) is 2.15. The van der Waals surface area contributed by atoms with Crippen LogP contribution in [0.1, 0.15) is 5.56 Å². The number of nitrogens with zero attached hydrogens (tertiary/aromatic N) is 1. The first-order valence-corrected chi connectivity index (χ1v) is 7.87. The monoisotopic (exact) mass is 301 g/mol. The molecule has 1 heterocycles. The summed E-state index contributed by atoms with van der Waals surface area (Å²) in [6, 6.07) is 2.88. The molecule has 0 saturated heterocycles. The Morgan fingerprint density at radius 1 is 1.24 bits per heavy atom. The van der Waals surface area contributed by atoms with Crippen LogP contribution in [0.4, 0.5) is 0 Å². The van der Waals surface area contributed by atoms with Gasteiger partial charge >= 0.3 is 15.2 Å². The predicted molar refractivity (Wildman–Crippen MR) is 60.6 cm³/mol. The van der Waals surface area contributed by atoms with Gasteiger partial charge in [-0.1, -0.05) is 17.7 Å². The van der Waals surface area contributed by atoms with Crippen molar-refractivity contribution >= 4 is 26.8 Å². The molecule has 0 unspecified atom stereocenters. The highest BCUT2D eigenvalue weighted by Crippen LogP contribution is 2.72. The lowest BCUT2D eigenvalue weighted by Crippen LogP contribution is -2.25. The van der Waals surface area contributed by atoms with E-state index < -0.39 is 26.0 Å². The molecule has 0 spiro atoms. The minimum absolute atomic E-state index is 0.217. The van der Waals surface area contributed by atoms with E-state index in [9.17, 15) is 9.13 Å². The normalized spacial score (nSPS) is 13.7. The van der Waals surface area contributed by atoms with Gasteiger partial charge in [0.1, 0.15) is 0 Å². The summed E-state index contributed by atoms with van der Waals surface area (Å²) in [7, 11) is -10.4. The number of hydrogen-bond acceptors (Lipinski definition) is 3. The average molecular weight is 302 g/mol. The minimum Gasteiger partial charge on any atom is -0.323 e. The number of aromatic nitrogens is 1. The van der Waals surface area contributed by atoms with Crippen molar-refractivity contribution in [3.05, 3.63) is 30.1 Å². The fourth-order valence-electron chi connectivity index (χ4n) is 1.14. The van der Waals surface area contributed by atoms with Gasteiger partial charge in [-0.25, -0.2) is 0 Å². The van der Waals surface area contributed by atoms with Crippen LogP contribution in [0.25, 0.3) is 0 Å². The molecule has 1 rings (SSSR count). The first-order valence-electron chi connectivity index (χ1n) is 4.27. The van der Waals surface area contributed by atoms with E-state index in [0.717, 1.165) is 0 Å². The summed E-state index contributed by atoms with van der Waals surface area (Å²) in [6.07, 6.45) is 1.95. The van der Waals surface area contributed by atoms with Crippen LogP contribution in [0.15, 0.2) is 24.5 Å². The Morgan fingerprint density at radius 2 is 1.76 bits per heavy atom. The predicted octanol–water partition coefficient (Wildman–Crippen LogP) is 0.872. The molecule has 0 aromatic carbocycles. The van der Waals surface area contributed by atoms with E-state index in [1.54, 1.807) is 0 Å². The molecule has 4 N–H and O–H groups in total. The van der Waals surface area contributed by atoms with E-state index in [2.05, 4.69) is 4.98 Å². The standard InChI is InChI=1S/C7H10ClNO6P2/c8-7(16(10,11)12,17(13,14)15)4-6-2-1-3-9-5-6/h1-3,5H,4H2,(H2,10,11,12)(H2,13,14,15). The molecule has 1 aromatic rings. The molecular weight excluding hydrogens is 291 g/mol. The summed E-state index contributed by atoms with van der Waals surface area (Å²) in [5.74, 6) is 0. The molecule has 7 nitrogen and oxygen atoms in total. The summed E-state index contributed by atoms with van der Waals surface area (Å²) < 4.78 is 19.4. The summed E-state index contributed by atoms with van der Waals surface area (Å²) in [4.78, 5) is 39.7. The van der Waals surface area contributed by atoms with Crippen molar-refractivity contribution in [1.82, 2.24) is 4.98 Å². The highest BCUT2D eigenvalue weighted by atomic mass is 35.5. The Kier molecular flexibility index (Phi) is 4.16. The van der Waals surface area contributed by atoms with Crippen LogP contribution in [-0.2, 0) is 15.6 Å². The number of alkyl halides is 1. The van der Waals surface area contributed by atoms with Crippen LogP contribution < -0.4 is 0 Å². The van der Waals surface area contributed by atoms with Gasteiger partial charge in [0, 0.05) is 18.8 Å². The molecule has 96 valence electrons. The van der Waals surface area contributed by atoms with Gasteiger partial charge in [-0.3, -0.25) is 14.1 Å². The molecule has 0 bridgehead atoms. The Balaban J connectivity index is 3.20. The molecule has 0 aliphatic carbocycles. The molecule has 10 heteroatoms. The third-order valence-corrected chi connectivity index (χ3v) is 7.16. The molecule has 17 heavy (non-hydrogen) atoms. The quantitative estimate of drug-likeness (QED) is 0.480. The summed E-state index contributed by atoms with van der Waals surface area (Å²) >= 11 is 5.47. The highest BCUT2D eigenvalue weighted by Gasteiger charge is 2.59. The molecule has 0 saturated carbocycles. The second-order valence-corrected chi connectivity index (χ2v) is 8.57. The van der Waals surface area contributed by atoms with Gasteiger partial charge < -0.3 is 19.6 Å². The van der Waals surface area contributed by atoms with E-state index in [1.165, 1.54) is 24.5 Å². The molecule has 0 atom stereocenters. The van der Waals surface area contributed by atoms with E-state index >= 15 is 0 Å². The Labute approximate surface area is 102 Å². The maximum atomic E-state index is 11.2. The van der Waals surface area contributed by atoms with Crippen LogP contribution in [0.5, 0.6) is 0 Å². The topological polar surface area (TPSA) is 128 Å². The van der Waals surface area contributed by atoms with E-state index in [-0.39, 0.29) is 5.56 Å². The van der Waals surface area contributed by atoms with Crippen molar-refractivity contribution in [2.45, 2.75) is 10.8 Å². The van der Waals surface area contributed by atoms with Crippen molar-refractivity contribution in [3.8, 4) is 0 Å². The van der Waals surface area contributed by atoms with Gasteiger partial charge in [0.2, 0.25) is 4.36 Å². The van der Waals surface area contributed by atoms with E-state index in [1.807, 2.05) is 0 Å². The fraction of sp³-hybridized carbons (Fsp3) is 0.286. The second-order valence-electron chi connectivity index (χ2n) is 3.34. The zero-order valence-corrected chi connectivity index (χ0v) is 10.9. The summed E-state index contributed by atoms with van der Waals surface area (Å²) in [5, 5.41) is 0. The van der Waals surface area contributed by atoms with Gasteiger partial charge in [0.15, 0.2) is 0 Å². The van der Waals surface area contributed by atoms with Gasteiger partial charge in [0.25, 0.3) is 0 Å². The number of rotatable bonds is 4. The lowest BCUT2D eigenvalue weighted by Gasteiger charge is -2.28. The molecule has 0 aliphatic heterocycles. The number of pyridine rings is 1. The van der Waals surface area contributed by atoms with Gasteiger partial charge in [-0.2, -0.15) is 0 Å². The van der Waals surface area contributed by atoms with Crippen molar-refractivity contribution in [2.24, 2.45) is 0 Å². The zero-order valence-electron chi connectivity index (χ0n) is 8.34. The molecule has 0 fully saturated rings. The smallest absolute Gasteiger partial charge is 0.323 e. The lowest BCUT2D eigenvalue weighted by atomic mass is 10.2. The third-order valence-electron chi connectivity index (χ3n) is 2.04. The Bertz CT molecular complexity index is 460. The number of halogens is 1. The summed E-state index contributed by atoms with van der Waals surface area (Å²) in [5.41, 5.74) is 0.217. The van der Waals surface area contributed by atoms with Gasteiger partial charge in [-0.15, -0.1) is 0 Å². The third kappa shape index (κ3) is 3.14. The van der Waals surface area contributed by atoms with Crippen LogP contribution in [0, 0.1) is 0 Å². The second kappa shape index (κ2) is 4.78. The van der Waals surface area contributed by atoms with Crippen molar-refractivity contribution < 1.29 is 28.7 Å². The van der Waals surface area contributed by atoms with Crippen LogP contribution in [0.2, 0.25) is 0 Å². The fourth-order valence-corrected chi connectivity index (χ4v) is 3.43. The molecule has 0 amide bonds. The van der Waals surface area contributed by atoms with Crippen LogP contribution >= 0.6 is 26.8 Å². The maximum absolute atomic E-state index is 11.2. The van der Waals surface area contributed by atoms with Crippen molar-refractivity contribution in [1.29, 1.82) is 0 Å². The van der Waals surface area contributed by atoms with Gasteiger partial charge in [-0.05, 0) is 11.6 Å². The lowest BCUT2D eigenvalue weighted by molar-refractivity contribution is 0.329. The summed E-state index contributed by atoms with van der Waals surface area (Å²) in [6.45, 7) is 0. The van der Waals surface area contributed by atoms with Crippen molar-refractivity contribution in [3.63, 3.8) is 0 Å². The number of hydrogen-bond donors (Lipinski definition) is 4. The molecule has 0 aliphatic rings. The highest BCUT2D eigenvalue weighted by molar-refractivity contribution is 7.75. The van der Waals surface area contributed by atoms with Crippen LogP contribution in [0.3, 0.4) is 0 Å². The Hall–Kier alpha value is -0.260. The maximum Gasteiger partial charge on any atom is 0.359 e. The molecule has 0 radical (unpaired) electrons. The first-order chi connectivity index (χ1) is 7.58. The largest absolute Gasteiger partial charge is 0.359 e. The first kappa shape index (κ1) is 14.8. The van der Waals surface area contributed by atoms with Crippen LogP contribution in [-0.4, -0.2) is 28.9 Å². The van der Waals surface area contributed by atoms with Gasteiger partial charge in [0.05, 0.1) is 0 Å². The van der Waals surface area contributed by atoms with E-state index in [4.69, 9.17) is 31.2 Å².